The molecule has 5 nitrogen and oxygen atoms in total. The first-order valence-corrected chi connectivity index (χ1v) is 8.28. The van der Waals surface area contributed by atoms with Gasteiger partial charge in [-0.25, -0.2) is 9.78 Å². The number of hydrogen-bond donors (Lipinski definition) is 1. The van der Waals surface area contributed by atoms with Crippen molar-refractivity contribution >= 4 is 50.2 Å². The Morgan fingerprint density at radius 3 is 2.67 bits per heavy atom. The number of fused-ring (bicyclic) bond motifs is 1. The number of thiazole rings is 1. The number of benzene rings is 2. The molecule has 1 aromatic heterocycles. The molecule has 0 bridgehead atoms. The summed E-state index contributed by atoms with van der Waals surface area (Å²) in [4.78, 5) is 28.0. The molecule has 1 heterocycles. The van der Waals surface area contributed by atoms with Crippen LogP contribution < -0.4 is 5.32 Å². The maximum atomic E-state index is 12.1. The van der Waals surface area contributed by atoms with Crippen LogP contribution in [0.2, 0.25) is 5.02 Å². The van der Waals surface area contributed by atoms with E-state index in [1.165, 1.54) is 18.4 Å². The van der Waals surface area contributed by atoms with E-state index in [-0.39, 0.29) is 12.3 Å². The first-order valence-electron chi connectivity index (χ1n) is 7.08. The van der Waals surface area contributed by atoms with Gasteiger partial charge in [-0.15, -0.1) is 0 Å². The van der Waals surface area contributed by atoms with Crippen molar-refractivity contribution in [1.29, 1.82) is 0 Å². The Balaban J connectivity index is 1.73. The van der Waals surface area contributed by atoms with Crippen molar-refractivity contribution in [3.8, 4) is 0 Å². The van der Waals surface area contributed by atoms with E-state index >= 15 is 0 Å². The van der Waals surface area contributed by atoms with Crippen molar-refractivity contribution in [2.24, 2.45) is 0 Å². The molecule has 0 saturated carbocycles. The van der Waals surface area contributed by atoms with Crippen LogP contribution in [0, 0.1) is 0 Å². The number of anilines is 1. The zero-order valence-corrected chi connectivity index (χ0v) is 14.3. The van der Waals surface area contributed by atoms with Gasteiger partial charge in [-0.2, -0.15) is 0 Å². The number of nitrogens with zero attached hydrogens (tertiary/aromatic N) is 1. The van der Waals surface area contributed by atoms with E-state index in [1.54, 1.807) is 30.3 Å². The number of aromatic nitrogens is 1. The number of esters is 1. The highest BCUT2D eigenvalue weighted by atomic mass is 35.5. The first-order chi connectivity index (χ1) is 11.5. The third-order valence-corrected chi connectivity index (χ3v) is 4.52. The van der Waals surface area contributed by atoms with Crippen molar-refractivity contribution in [2.45, 2.75) is 6.42 Å². The molecule has 0 radical (unpaired) electrons. The number of ether oxygens (including phenoxy) is 1. The van der Waals surface area contributed by atoms with Gasteiger partial charge in [0.05, 0.1) is 29.3 Å². The number of hydrogen-bond acceptors (Lipinski definition) is 5. The van der Waals surface area contributed by atoms with Crippen LogP contribution in [0.5, 0.6) is 0 Å². The maximum absolute atomic E-state index is 12.1. The fraction of sp³-hybridized carbons (Fsp3) is 0.118. The zero-order chi connectivity index (χ0) is 17.1. The van der Waals surface area contributed by atoms with E-state index in [2.05, 4.69) is 10.3 Å². The topological polar surface area (TPSA) is 68.3 Å². The third-order valence-electron chi connectivity index (χ3n) is 3.33. The van der Waals surface area contributed by atoms with Gasteiger partial charge in [-0.05, 0) is 35.9 Å². The molecule has 0 aliphatic rings. The van der Waals surface area contributed by atoms with E-state index in [1.807, 2.05) is 12.1 Å². The first kappa shape index (κ1) is 16.4. The van der Waals surface area contributed by atoms with Crippen molar-refractivity contribution in [1.82, 2.24) is 4.98 Å². The molecule has 0 unspecified atom stereocenters. The summed E-state index contributed by atoms with van der Waals surface area (Å²) in [6, 6.07) is 12.2. The van der Waals surface area contributed by atoms with Crippen LogP contribution in [-0.2, 0) is 16.0 Å². The minimum atomic E-state index is -0.404. The van der Waals surface area contributed by atoms with E-state index in [0.717, 1.165) is 15.8 Å². The Morgan fingerprint density at radius 1 is 1.21 bits per heavy atom. The molecule has 0 fully saturated rings. The van der Waals surface area contributed by atoms with Crippen LogP contribution in [0.4, 0.5) is 5.13 Å². The average Bonchev–Trinajstić information content (AvgIpc) is 2.97. The standard InChI is InChI=1S/C17H13ClN2O3S/c1-23-16(22)11-4-7-13-14(9-11)24-17(19-13)20-15(21)8-10-2-5-12(18)6-3-10/h2-7,9H,8H2,1H3,(H,19,20,21). The number of rotatable bonds is 4. The maximum Gasteiger partial charge on any atom is 0.337 e. The van der Waals surface area contributed by atoms with Gasteiger partial charge in [-0.3, -0.25) is 4.79 Å². The van der Waals surface area contributed by atoms with Gasteiger partial charge in [0.25, 0.3) is 0 Å². The van der Waals surface area contributed by atoms with Crippen molar-refractivity contribution in [3.05, 3.63) is 58.6 Å². The van der Waals surface area contributed by atoms with E-state index in [4.69, 9.17) is 16.3 Å². The molecule has 0 saturated heterocycles. The van der Waals surface area contributed by atoms with Crippen LogP contribution in [0.15, 0.2) is 42.5 Å². The fourth-order valence-electron chi connectivity index (χ4n) is 2.17. The van der Waals surface area contributed by atoms with Crippen LogP contribution in [0.1, 0.15) is 15.9 Å². The van der Waals surface area contributed by atoms with Crippen LogP contribution >= 0.6 is 22.9 Å². The number of nitrogens with one attached hydrogen (secondary N) is 1. The second kappa shape index (κ2) is 6.98. The Kier molecular flexibility index (Phi) is 4.78. The van der Waals surface area contributed by atoms with Crippen LogP contribution in [0.3, 0.4) is 0 Å². The van der Waals surface area contributed by atoms with Crippen molar-refractivity contribution in [3.63, 3.8) is 0 Å². The predicted molar refractivity (Wildman–Crippen MR) is 94.7 cm³/mol. The summed E-state index contributed by atoms with van der Waals surface area (Å²) in [5, 5.41) is 3.90. The Hall–Kier alpha value is -2.44. The highest BCUT2D eigenvalue weighted by Crippen LogP contribution is 2.27. The molecule has 1 N–H and O–H groups in total. The lowest BCUT2D eigenvalue weighted by molar-refractivity contribution is -0.115. The SMILES string of the molecule is COC(=O)c1ccc2nc(NC(=O)Cc3ccc(Cl)cc3)sc2c1. The summed E-state index contributed by atoms with van der Waals surface area (Å²) < 4.78 is 5.50. The molecule has 0 aliphatic carbocycles. The van der Waals surface area contributed by atoms with Gasteiger partial charge in [0, 0.05) is 5.02 Å². The summed E-state index contributed by atoms with van der Waals surface area (Å²) in [5.41, 5.74) is 2.04. The normalized spacial score (nSPS) is 10.6. The quantitative estimate of drug-likeness (QED) is 0.716. The van der Waals surface area contributed by atoms with E-state index in [9.17, 15) is 9.59 Å². The molecule has 1 amide bonds. The second-order valence-electron chi connectivity index (χ2n) is 5.04. The molecule has 0 atom stereocenters. The minimum absolute atomic E-state index is 0.162. The van der Waals surface area contributed by atoms with Gasteiger partial charge >= 0.3 is 5.97 Å². The largest absolute Gasteiger partial charge is 0.465 e. The minimum Gasteiger partial charge on any atom is -0.465 e. The Bertz CT molecular complexity index is 906. The average molecular weight is 361 g/mol. The van der Waals surface area contributed by atoms with Crippen LogP contribution in [0.25, 0.3) is 10.2 Å². The van der Waals surface area contributed by atoms with E-state index in [0.29, 0.717) is 15.7 Å². The number of halogens is 1. The Morgan fingerprint density at radius 2 is 1.96 bits per heavy atom. The van der Waals surface area contributed by atoms with E-state index < -0.39 is 5.97 Å². The molecule has 7 heteroatoms. The van der Waals surface area contributed by atoms with Crippen molar-refractivity contribution < 1.29 is 14.3 Å². The number of carbonyl (C=O) groups is 2. The molecule has 0 spiro atoms. The highest BCUT2D eigenvalue weighted by molar-refractivity contribution is 7.22. The zero-order valence-electron chi connectivity index (χ0n) is 12.7. The van der Waals surface area contributed by atoms with Gasteiger partial charge in [0.1, 0.15) is 0 Å². The summed E-state index contributed by atoms with van der Waals surface area (Å²) >= 11 is 7.14. The summed E-state index contributed by atoms with van der Waals surface area (Å²) in [5.74, 6) is -0.566. The summed E-state index contributed by atoms with van der Waals surface area (Å²) in [6.07, 6.45) is 0.237. The highest BCUT2D eigenvalue weighted by Gasteiger charge is 2.11. The van der Waals surface area contributed by atoms with Gasteiger partial charge in [0.2, 0.25) is 5.91 Å². The molecular formula is C17H13ClN2O3S. The number of amides is 1. The van der Waals surface area contributed by atoms with Gasteiger partial charge < -0.3 is 10.1 Å². The lowest BCUT2D eigenvalue weighted by Crippen LogP contribution is -2.14. The molecule has 122 valence electrons. The molecular weight excluding hydrogens is 348 g/mol. The predicted octanol–water partition coefficient (Wildman–Crippen LogP) is 3.92. The molecule has 0 aliphatic heterocycles. The summed E-state index contributed by atoms with van der Waals surface area (Å²) in [6.45, 7) is 0. The monoisotopic (exact) mass is 360 g/mol. The lowest BCUT2D eigenvalue weighted by atomic mass is 10.1. The molecule has 3 aromatic rings. The molecule has 2 aromatic carbocycles. The molecule has 3 rings (SSSR count). The van der Waals surface area contributed by atoms with Crippen LogP contribution in [-0.4, -0.2) is 24.0 Å². The van der Waals surface area contributed by atoms with Gasteiger partial charge in [0.15, 0.2) is 5.13 Å². The van der Waals surface area contributed by atoms with Gasteiger partial charge in [-0.1, -0.05) is 35.1 Å². The smallest absolute Gasteiger partial charge is 0.337 e. The second-order valence-corrected chi connectivity index (χ2v) is 6.51. The fourth-order valence-corrected chi connectivity index (χ4v) is 3.22. The lowest BCUT2D eigenvalue weighted by Gasteiger charge is -2.01. The Labute approximate surface area is 147 Å². The third kappa shape index (κ3) is 3.72. The van der Waals surface area contributed by atoms with Crippen molar-refractivity contribution in [2.75, 3.05) is 12.4 Å². The number of carbonyl (C=O) groups excluding carboxylic acids is 2. The summed E-state index contributed by atoms with van der Waals surface area (Å²) in [7, 11) is 1.33. The number of methoxy groups -OCH3 is 1. The molecule has 24 heavy (non-hydrogen) atoms.